The molecule has 0 bridgehead atoms. The second-order valence-electron chi connectivity index (χ2n) is 6.43. The lowest BCUT2D eigenvalue weighted by atomic mass is 10.0. The van der Waals surface area contributed by atoms with Crippen molar-refractivity contribution < 1.29 is 9.53 Å². The molecule has 7 nitrogen and oxygen atoms in total. The predicted octanol–water partition coefficient (Wildman–Crippen LogP) is 2.68. The summed E-state index contributed by atoms with van der Waals surface area (Å²) in [6.07, 6.45) is 3.70. The minimum Gasteiger partial charge on any atom is -0.490 e. The van der Waals surface area contributed by atoms with Gasteiger partial charge in [-0.15, -0.1) is 5.10 Å². The molecule has 3 aromatic rings. The number of hydrogen-bond acceptors (Lipinski definition) is 5. The zero-order chi connectivity index (χ0) is 19.8. The van der Waals surface area contributed by atoms with Crippen LogP contribution in [0.1, 0.15) is 17.2 Å². The van der Waals surface area contributed by atoms with E-state index in [1.165, 1.54) is 11.0 Å². The maximum atomic E-state index is 13.1. The van der Waals surface area contributed by atoms with Crippen LogP contribution < -0.4 is 4.74 Å². The molecule has 3 rings (SSSR count). The SMILES string of the molecule is C=CCOc1ccc(CN(C)C(=O)[C@H](Cc2ccccc2)n2cnnn2)cc1. The maximum Gasteiger partial charge on any atom is 0.247 e. The minimum absolute atomic E-state index is 0.0527. The summed E-state index contributed by atoms with van der Waals surface area (Å²) in [5.74, 6) is 0.719. The lowest BCUT2D eigenvalue weighted by Gasteiger charge is -2.24. The average Bonchev–Trinajstić information content (AvgIpc) is 3.26. The molecule has 0 aliphatic heterocycles. The summed E-state index contributed by atoms with van der Waals surface area (Å²) in [6, 6.07) is 17.0. The van der Waals surface area contributed by atoms with Crippen LogP contribution in [0.15, 0.2) is 73.6 Å². The molecular formula is C21H23N5O2. The van der Waals surface area contributed by atoms with Gasteiger partial charge in [0.25, 0.3) is 0 Å². The van der Waals surface area contributed by atoms with E-state index in [4.69, 9.17) is 4.74 Å². The highest BCUT2D eigenvalue weighted by Gasteiger charge is 2.25. The number of carbonyl (C=O) groups excluding carboxylic acids is 1. The van der Waals surface area contributed by atoms with Gasteiger partial charge in [-0.3, -0.25) is 4.79 Å². The Labute approximate surface area is 164 Å². The van der Waals surface area contributed by atoms with Gasteiger partial charge in [0.15, 0.2) is 0 Å². The third kappa shape index (κ3) is 5.03. The summed E-state index contributed by atoms with van der Waals surface area (Å²) in [6.45, 7) is 4.58. The van der Waals surface area contributed by atoms with Crippen molar-refractivity contribution in [2.24, 2.45) is 0 Å². The molecule has 1 aromatic heterocycles. The first kappa shape index (κ1) is 19.3. The van der Waals surface area contributed by atoms with Crippen molar-refractivity contribution in [2.75, 3.05) is 13.7 Å². The molecule has 0 saturated carbocycles. The first-order valence-electron chi connectivity index (χ1n) is 9.01. The van der Waals surface area contributed by atoms with Gasteiger partial charge in [-0.05, 0) is 33.7 Å². The second-order valence-corrected chi connectivity index (χ2v) is 6.43. The Balaban J connectivity index is 1.70. The van der Waals surface area contributed by atoms with Crippen molar-refractivity contribution >= 4 is 5.91 Å². The average molecular weight is 377 g/mol. The summed E-state index contributed by atoms with van der Waals surface area (Å²) >= 11 is 0. The molecule has 1 atom stereocenters. The van der Waals surface area contributed by atoms with E-state index in [-0.39, 0.29) is 5.91 Å². The van der Waals surface area contributed by atoms with Crippen molar-refractivity contribution in [1.82, 2.24) is 25.1 Å². The van der Waals surface area contributed by atoms with E-state index in [1.807, 2.05) is 54.6 Å². The summed E-state index contributed by atoms with van der Waals surface area (Å²) in [4.78, 5) is 14.8. The molecule has 0 saturated heterocycles. The topological polar surface area (TPSA) is 73.1 Å². The molecule has 28 heavy (non-hydrogen) atoms. The second kappa shape index (κ2) is 9.45. The summed E-state index contributed by atoms with van der Waals surface area (Å²) in [5.41, 5.74) is 2.06. The number of likely N-dealkylation sites (N-methyl/N-ethyl adjacent to an activating group) is 1. The Kier molecular flexibility index (Phi) is 6.51. The lowest BCUT2D eigenvalue weighted by Crippen LogP contribution is -2.35. The number of nitrogens with zero attached hydrogens (tertiary/aromatic N) is 5. The van der Waals surface area contributed by atoms with E-state index in [0.29, 0.717) is 19.6 Å². The van der Waals surface area contributed by atoms with Crippen molar-refractivity contribution in [3.8, 4) is 5.75 Å². The minimum atomic E-state index is -0.502. The number of ether oxygens (including phenoxy) is 1. The fraction of sp³-hybridized carbons (Fsp3) is 0.238. The van der Waals surface area contributed by atoms with Crippen molar-refractivity contribution in [1.29, 1.82) is 0 Å². The number of hydrogen-bond donors (Lipinski definition) is 0. The monoisotopic (exact) mass is 377 g/mol. The van der Waals surface area contributed by atoms with Gasteiger partial charge in [-0.2, -0.15) is 0 Å². The van der Waals surface area contributed by atoms with Gasteiger partial charge in [0.2, 0.25) is 5.91 Å². The number of rotatable bonds is 9. The van der Waals surface area contributed by atoms with Crippen LogP contribution in [0.4, 0.5) is 0 Å². The number of carbonyl (C=O) groups is 1. The molecule has 0 fully saturated rings. The molecule has 0 spiro atoms. The van der Waals surface area contributed by atoms with Gasteiger partial charge in [0.1, 0.15) is 24.7 Å². The van der Waals surface area contributed by atoms with Gasteiger partial charge >= 0.3 is 0 Å². The number of amides is 1. The van der Waals surface area contributed by atoms with Crippen LogP contribution >= 0.6 is 0 Å². The Morgan fingerprint density at radius 3 is 2.57 bits per heavy atom. The van der Waals surface area contributed by atoms with Crippen molar-refractivity contribution in [3.05, 3.63) is 84.7 Å². The van der Waals surface area contributed by atoms with Crippen molar-refractivity contribution in [3.63, 3.8) is 0 Å². The number of aromatic nitrogens is 4. The first-order valence-corrected chi connectivity index (χ1v) is 9.01. The third-order valence-electron chi connectivity index (χ3n) is 4.33. The predicted molar refractivity (Wildman–Crippen MR) is 106 cm³/mol. The summed E-state index contributed by atoms with van der Waals surface area (Å²) in [5, 5.41) is 11.3. The molecule has 0 radical (unpaired) electrons. The molecule has 144 valence electrons. The molecule has 0 N–H and O–H groups in total. The van der Waals surface area contributed by atoms with E-state index >= 15 is 0 Å². The van der Waals surface area contributed by atoms with Crippen LogP contribution in [0, 0.1) is 0 Å². The van der Waals surface area contributed by atoms with Gasteiger partial charge in [0, 0.05) is 20.0 Å². The van der Waals surface area contributed by atoms with Crippen LogP contribution in [0.5, 0.6) is 5.75 Å². The van der Waals surface area contributed by atoms with E-state index in [2.05, 4.69) is 22.1 Å². The van der Waals surface area contributed by atoms with Crippen LogP contribution in [-0.4, -0.2) is 44.7 Å². The summed E-state index contributed by atoms with van der Waals surface area (Å²) < 4.78 is 7.00. The van der Waals surface area contributed by atoms with E-state index in [0.717, 1.165) is 16.9 Å². The standard InChI is InChI=1S/C21H23N5O2/c1-3-13-28-19-11-9-18(10-12-19)15-25(2)21(27)20(26-16-22-23-24-26)14-17-7-5-4-6-8-17/h3-12,16,20H,1,13-15H2,2H3/t20-/m0/s1. The fourth-order valence-electron chi connectivity index (χ4n) is 2.89. The quantitative estimate of drug-likeness (QED) is 0.536. The number of tetrazole rings is 1. The van der Waals surface area contributed by atoms with Gasteiger partial charge in [-0.1, -0.05) is 55.1 Å². The fourth-order valence-corrected chi connectivity index (χ4v) is 2.89. The Morgan fingerprint density at radius 1 is 1.18 bits per heavy atom. The molecule has 7 heteroatoms. The maximum absolute atomic E-state index is 13.1. The normalized spacial score (nSPS) is 11.6. The molecule has 2 aromatic carbocycles. The molecule has 1 heterocycles. The number of benzene rings is 2. The zero-order valence-electron chi connectivity index (χ0n) is 15.8. The highest BCUT2D eigenvalue weighted by atomic mass is 16.5. The van der Waals surface area contributed by atoms with E-state index < -0.39 is 6.04 Å². The van der Waals surface area contributed by atoms with Crippen LogP contribution in [0.2, 0.25) is 0 Å². The largest absolute Gasteiger partial charge is 0.490 e. The first-order chi connectivity index (χ1) is 13.7. The van der Waals surface area contributed by atoms with Crippen molar-refractivity contribution in [2.45, 2.75) is 19.0 Å². The van der Waals surface area contributed by atoms with Gasteiger partial charge < -0.3 is 9.64 Å². The van der Waals surface area contributed by atoms with E-state index in [9.17, 15) is 4.79 Å². The molecule has 0 aliphatic carbocycles. The molecule has 0 aliphatic rings. The highest BCUT2D eigenvalue weighted by Crippen LogP contribution is 2.18. The van der Waals surface area contributed by atoms with Crippen LogP contribution in [0.3, 0.4) is 0 Å². The van der Waals surface area contributed by atoms with Gasteiger partial charge in [-0.25, -0.2) is 4.68 Å². The molecular weight excluding hydrogens is 354 g/mol. The van der Waals surface area contributed by atoms with Crippen LogP contribution in [0.25, 0.3) is 0 Å². The van der Waals surface area contributed by atoms with E-state index in [1.54, 1.807) is 18.0 Å². The Hall–Kier alpha value is -3.48. The van der Waals surface area contributed by atoms with Gasteiger partial charge in [0.05, 0.1) is 0 Å². The zero-order valence-corrected chi connectivity index (χ0v) is 15.8. The lowest BCUT2D eigenvalue weighted by molar-refractivity contribution is -0.134. The Morgan fingerprint density at radius 2 is 1.93 bits per heavy atom. The molecule has 1 amide bonds. The molecule has 0 unspecified atom stereocenters. The highest BCUT2D eigenvalue weighted by molar-refractivity contribution is 5.80. The summed E-state index contributed by atoms with van der Waals surface area (Å²) in [7, 11) is 1.78. The van der Waals surface area contributed by atoms with Crippen LogP contribution in [-0.2, 0) is 17.8 Å². The third-order valence-corrected chi connectivity index (χ3v) is 4.33. The smallest absolute Gasteiger partial charge is 0.247 e. The Bertz CT molecular complexity index is 879.